The van der Waals surface area contributed by atoms with Gasteiger partial charge in [-0.3, -0.25) is 9.80 Å². The number of morpholine rings is 1. The second-order valence-electron chi connectivity index (χ2n) is 9.62. The van der Waals surface area contributed by atoms with E-state index in [1.54, 1.807) is 6.07 Å². The lowest BCUT2D eigenvalue weighted by Gasteiger charge is -2.46. The number of halogens is 1. The Bertz CT molecular complexity index is 1170. The lowest BCUT2D eigenvalue weighted by molar-refractivity contribution is -0.0937. The van der Waals surface area contributed by atoms with Crippen molar-refractivity contribution < 1.29 is 28.9 Å². The number of piperazine rings is 1. The largest absolute Gasteiger partial charge is 0.457 e. The Morgan fingerprint density at radius 1 is 1.03 bits per heavy atom. The first-order chi connectivity index (χ1) is 16.5. The molecule has 2 aromatic carbocycles. The molecule has 0 bridgehead atoms. The lowest BCUT2D eigenvalue weighted by Crippen LogP contribution is -2.58. The van der Waals surface area contributed by atoms with E-state index in [0.717, 1.165) is 54.0 Å². The van der Waals surface area contributed by atoms with E-state index in [1.165, 1.54) is 0 Å². The van der Waals surface area contributed by atoms with Crippen LogP contribution >= 0.6 is 12.4 Å². The third-order valence-electron chi connectivity index (χ3n) is 7.66. The van der Waals surface area contributed by atoms with Crippen LogP contribution in [-0.4, -0.2) is 72.2 Å². The highest BCUT2D eigenvalue weighted by Crippen LogP contribution is 2.32. The van der Waals surface area contributed by atoms with Gasteiger partial charge < -0.3 is 19.3 Å². The predicted molar refractivity (Wildman–Crippen MR) is 129 cm³/mol. The molecule has 0 saturated carbocycles. The van der Waals surface area contributed by atoms with E-state index in [9.17, 15) is 14.7 Å². The minimum Gasteiger partial charge on any atom is -0.457 e. The number of aliphatic hydroxyl groups is 1. The van der Waals surface area contributed by atoms with Crippen LogP contribution in [0.25, 0.3) is 0 Å². The van der Waals surface area contributed by atoms with Gasteiger partial charge in [-0.05, 0) is 41.8 Å². The maximum Gasteiger partial charge on any atom is 0.338 e. The molecular formula is C26H29ClN2O6. The molecule has 2 aromatic rings. The third kappa shape index (κ3) is 4.34. The molecule has 6 rings (SSSR count). The van der Waals surface area contributed by atoms with Crippen LogP contribution in [0, 0.1) is 6.92 Å². The number of hydrogen-bond donors (Lipinski definition) is 1. The second-order valence-corrected chi connectivity index (χ2v) is 9.62. The van der Waals surface area contributed by atoms with Crippen molar-refractivity contribution in [1.82, 2.24) is 9.80 Å². The van der Waals surface area contributed by atoms with Crippen molar-refractivity contribution >= 4 is 24.3 Å². The summed E-state index contributed by atoms with van der Waals surface area (Å²) < 4.78 is 16.5. The number of hydrogen-bond acceptors (Lipinski definition) is 8. The molecule has 0 spiro atoms. The average Bonchev–Trinajstić information content (AvgIpc) is 3.41. The zero-order valence-corrected chi connectivity index (χ0v) is 20.4. The van der Waals surface area contributed by atoms with Crippen LogP contribution in [-0.2, 0) is 27.4 Å². The fourth-order valence-electron chi connectivity index (χ4n) is 5.64. The topological polar surface area (TPSA) is 88.5 Å². The number of β-amino-alcohol motifs (C(OH)–C–C–N with tert-alkyl or cyclic N) is 1. The van der Waals surface area contributed by atoms with E-state index in [4.69, 9.17) is 14.2 Å². The van der Waals surface area contributed by atoms with Crippen molar-refractivity contribution in [2.75, 3.05) is 39.3 Å². The standard InChI is InChI=1S/C26H28N2O6.ClH/c1-15-19(4-5-21-22(15)14-34-26(21)31)23(29)10-27-6-7-28-11-24(32-13-18(28)9-27)16-2-3-20-17(8-16)12-33-25(20)30;/h2-5,8,18,23-24,29H,6-7,9-14H2,1H3;1H/t18-,23+,24-;/m0./s1. The molecule has 1 N–H and O–H groups in total. The first kappa shape index (κ1) is 24.2. The minimum absolute atomic E-state index is 0. The van der Waals surface area contributed by atoms with E-state index in [1.807, 2.05) is 31.2 Å². The van der Waals surface area contributed by atoms with E-state index >= 15 is 0 Å². The molecule has 0 aliphatic carbocycles. The SMILES string of the molecule is Cc1c([C@H](O)CN2CCN3C[C@@H](c4ccc5c(c4)COC5=O)OC[C@@H]3C2)ccc2c1COC2=O.Cl. The Morgan fingerprint density at radius 3 is 2.66 bits per heavy atom. The molecule has 9 heteroatoms. The highest BCUT2D eigenvalue weighted by atomic mass is 35.5. The molecule has 35 heavy (non-hydrogen) atoms. The summed E-state index contributed by atoms with van der Waals surface area (Å²) >= 11 is 0. The lowest BCUT2D eigenvalue weighted by atomic mass is 9.95. The number of aliphatic hydroxyl groups excluding tert-OH is 1. The number of cyclic esters (lactones) is 2. The summed E-state index contributed by atoms with van der Waals surface area (Å²) in [6, 6.07) is 9.76. The van der Waals surface area contributed by atoms with Crippen LogP contribution < -0.4 is 0 Å². The Labute approximate surface area is 210 Å². The number of rotatable bonds is 4. The van der Waals surface area contributed by atoms with E-state index in [2.05, 4.69) is 9.80 Å². The third-order valence-corrected chi connectivity index (χ3v) is 7.66. The fourth-order valence-corrected chi connectivity index (χ4v) is 5.64. The molecule has 0 radical (unpaired) electrons. The average molecular weight is 501 g/mol. The molecule has 8 nitrogen and oxygen atoms in total. The number of benzene rings is 2. The quantitative estimate of drug-likeness (QED) is 0.641. The number of carbonyl (C=O) groups excluding carboxylic acids is 2. The van der Waals surface area contributed by atoms with Gasteiger partial charge in [0.25, 0.3) is 0 Å². The van der Waals surface area contributed by atoms with Gasteiger partial charge in [0.2, 0.25) is 0 Å². The van der Waals surface area contributed by atoms with E-state index in [0.29, 0.717) is 30.9 Å². The fraction of sp³-hybridized carbons (Fsp3) is 0.462. The van der Waals surface area contributed by atoms with Crippen molar-refractivity contribution in [1.29, 1.82) is 0 Å². The monoisotopic (exact) mass is 500 g/mol. The summed E-state index contributed by atoms with van der Waals surface area (Å²) in [6.07, 6.45) is -0.644. The highest BCUT2D eigenvalue weighted by Gasteiger charge is 2.35. The van der Waals surface area contributed by atoms with Crippen LogP contribution in [0.1, 0.15) is 60.7 Å². The minimum atomic E-state index is -0.624. The molecule has 4 aliphatic heterocycles. The first-order valence-electron chi connectivity index (χ1n) is 11.8. The molecule has 4 heterocycles. The molecule has 2 fully saturated rings. The first-order valence-corrected chi connectivity index (χ1v) is 11.8. The highest BCUT2D eigenvalue weighted by molar-refractivity contribution is 5.94. The van der Waals surface area contributed by atoms with Crippen LogP contribution in [0.3, 0.4) is 0 Å². The zero-order chi connectivity index (χ0) is 23.4. The summed E-state index contributed by atoms with van der Waals surface area (Å²) in [5.41, 5.74) is 5.98. The molecular weight excluding hydrogens is 472 g/mol. The number of ether oxygens (including phenoxy) is 3. The normalized spacial score (nSPS) is 24.6. The molecule has 0 unspecified atom stereocenters. The Balaban J connectivity index is 0.00000253. The molecule has 0 amide bonds. The number of carbonyl (C=O) groups is 2. The van der Waals surface area contributed by atoms with Crippen molar-refractivity contribution in [2.24, 2.45) is 0 Å². The zero-order valence-electron chi connectivity index (χ0n) is 19.6. The van der Waals surface area contributed by atoms with Crippen LogP contribution in [0.5, 0.6) is 0 Å². The number of fused-ring (bicyclic) bond motifs is 3. The van der Waals surface area contributed by atoms with Gasteiger partial charge in [-0.15, -0.1) is 12.4 Å². The van der Waals surface area contributed by atoms with Gasteiger partial charge in [-0.1, -0.05) is 12.1 Å². The second kappa shape index (κ2) is 9.52. The Kier molecular flexibility index (Phi) is 6.59. The molecule has 0 aromatic heterocycles. The summed E-state index contributed by atoms with van der Waals surface area (Å²) in [5.74, 6) is -0.533. The molecule has 186 valence electrons. The van der Waals surface area contributed by atoms with E-state index in [-0.39, 0.29) is 43.1 Å². The summed E-state index contributed by atoms with van der Waals surface area (Å²) in [5, 5.41) is 11.0. The van der Waals surface area contributed by atoms with Crippen molar-refractivity contribution in [3.8, 4) is 0 Å². The van der Waals surface area contributed by atoms with Crippen LogP contribution in [0.2, 0.25) is 0 Å². The van der Waals surface area contributed by atoms with Gasteiger partial charge in [0.05, 0.1) is 29.9 Å². The number of esters is 2. The van der Waals surface area contributed by atoms with Crippen LogP contribution in [0.15, 0.2) is 30.3 Å². The summed E-state index contributed by atoms with van der Waals surface area (Å²) in [4.78, 5) is 28.3. The van der Waals surface area contributed by atoms with Crippen molar-refractivity contribution in [2.45, 2.75) is 38.4 Å². The maximum absolute atomic E-state index is 11.8. The Hall–Kier alpha value is -2.49. The van der Waals surface area contributed by atoms with E-state index < -0.39 is 6.10 Å². The van der Waals surface area contributed by atoms with Crippen molar-refractivity contribution in [3.63, 3.8) is 0 Å². The predicted octanol–water partition coefficient (Wildman–Crippen LogP) is 2.55. The summed E-state index contributed by atoms with van der Waals surface area (Å²) in [7, 11) is 0. The smallest absolute Gasteiger partial charge is 0.338 e. The van der Waals surface area contributed by atoms with Gasteiger partial charge in [-0.25, -0.2) is 9.59 Å². The Morgan fingerprint density at radius 2 is 1.80 bits per heavy atom. The van der Waals surface area contributed by atoms with Gasteiger partial charge >= 0.3 is 11.9 Å². The maximum atomic E-state index is 11.8. The van der Waals surface area contributed by atoms with Gasteiger partial charge in [-0.2, -0.15) is 0 Å². The van der Waals surface area contributed by atoms with Gasteiger partial charge in [0.1, 0.15) is 13.2 Å². The van der Waals surface area contributed by atoms with Crippen LogP contribution in [0.4, 0.5) is 0 Å². The van der Waals surface area contributed by atoms with Gasteiger partial charge in [0.15, 0.2) is 0 Å². The molecule has 2 saturated heterocycles. The van der Waals surface area contributed by atoms with Crippen molar-refractivity contribution in [3.05, 3.63) is 69.3 Å². The molecule has 3 atom stereocenters. The number of nitrogens with zero attached hydrogens (tertiary/aromatic N) is 2. The van der Waals surface area contributed by atoms with Gasteiger partial charge in [0, 0.05) is 49.9 Å². The molecule has 4 aliphatic rings. The summed E-state index contributed by atoms with van der Waals surface area (Å²) in [6.45, 7) is 7.18.